The molecule has 1 N–H and O–H groups in total. The van der Waals surface area contributed by atoms with Gasteiger partial charge in [-0.3, -0.25) is 0 Å². The third kappa shape index (κ3) is 4.13. The van der Waals surface area contributed by atoms with Crippen molar-refractivity contribution in [2.24, 2.45) is 0 Å². The smallest absolute Gasteiger partial charge is 0.333 e. The maximum absolute atomic E-state index is 11.2. The Labute approximate surface area is 103 Å². The molecule has 1 aromatic rings. The first-order valence-electron chi connectivity index (χ1n) is 4.99. The van der Waals surface area contributed by atoms with E-state index in [1.807, 2.05) is 0 Å². The number of hydrogen-bond acceptors (Lipinski definition) is 3. The number of hydrogen-bond donors (Lipinski definition) is 1. The molecule has 0 saturated heterocycles. The zero-order chi connectivity index (χ0) is 12.8. The van der Waals surface area contributed by atoms with Gasteiger partial charge in [0.2, 0.25) is 0 Å². The topological polar surface area (TPSA) is 63.6 Å². The molecule has 0 radical (unpaired) electrons. The van der Waals surface area contributed by atoms with Crippen molar-refractivity contribution in [1.82, 2.24) is 0 Å². The summed E-state index contributed by atoms with van der Waals surface area (Å²) in [7, 11) is 0. The molecule has 17 heavy (non-hydrogen) atoms. The summed E-state index contributed by atoms with van der Waals surface area (Å²) in [5.74, 6) is -0.559. The normalized spacial score (nSPS) is 13.8. The molecule has 5 heteroatoms. The van der Waals surface area contributed by atoms with Crippen LogP contribution in [0.4, 0.5) is 0 Å². The second-order valence-electron chi connectivity index (χ2n) is 3.55. The van der Waals surface area contributed by atoms with Crippen LogP contribution in [0.5, 0.6) is 0 Å². The van der Waals surface area contributed by atoms with E-state index in [1.54, 1.807) is 30.3 Å². The van der Waals surface area contributed by atoms with Gasteiger partial charge < -0.3 is 9.29 Å². The van der Waals surface area contributed by atoms with E-state index in [1.165, 1.54) is 6.92 Å². The lowest BCUT2D eigenvalue weighted by molar-refractivity contribution is -0.138. The molecule has 2 atom stereocenters. The maximum atomic E-state index is 11.2. The minimum Gasteiger partial charge on any atom is -0.461 e. The average Bonchev–Trinajstić information content (AvgIpc) is 2.29. The Kier molecular flexibility index (Phi) is 5.06. The van der Waals surface area contributed by atoms with Crippen molar-refractivity contribution in [3.8, 4) is 0 Å². The van der Waals surface area contributed by atoms with Crippen molar-refractivity contribution in [3.63, 3.8) is 0 Å². The lowest BCUT2D eigenvalue weighted by atomic mass is 10.1. The molecule has 0 saturated carbocycles. The molecule has 1 rings (SSSR count). The van der Waals surface area contributed by atoms with Gasteiger partial charge in [-0.25, -0.2) is 9.00 Å². The van der Waals surface area contributed by atoms with Crippen molar-refractivity contribution in [1.29, 1.82) is 0 Å². The highest BCUT2D eigenvalue weighted by atomic mass is 32.2. The Morgan fingerprint density at radius 1 is 1.47 bits per heavy atom. The van der Waals surface area contributed by atoms with Crippen LogP contribution < -0.4 is 0 Å². The van der Waals surface area contributed by atoms with Crippen molar-refractivity contribution in [2.75, 3.05) is 6.61 Å². The maximum Gasteiger partial charge on any atom is 0.333 e. The standard InChI is InChI=1S/C12H14O4S/c1-9(2)12(13)16-8-11(17(14)15)10-6-4-3-5-7-10/h3-7,11H,1,8H2,2H3,(H,14,15). The van der Waals surface area contributed by atoms with Crippen molar-refractivity contribution in [3.05, 3.63) is 48.0 Å². The first kappa shape index (κ1) is 13.6. The largest absolute Gasteiger partial charge is 0.461 e. The molecule has 0 amide bonds. The SMILES string of the molecule is C=C(C)C(=O)OCC(c1ccccc1)S(=O)O. The van der Waals surface area contributed by atoms with Gasteiger partial charge in [0.1, 0.15) is 11.9 Å². The molecule has 0 aromatic heterocycles. The van der Waals surface area contributed by atoms with E-state index in [2.05, 4.69) is 6.58 Å². The fraction of sp³-hybridized carbons (Fsp3) is 0.250. The van der Waals surface area contributed by atoms with E-state index < -0.39 is 22.3 Å². The van der Waals surface area contributed by atoms with Gasteiger partial charge in [0.05, 0.1) is 0 Å². The van der Waals surface area contributed by atoms with Gasteiger partial charge in [0.25, 0.3) is 0 Å². The Bertz CT molecular complexity index is 427. The summed E-state index contributed by atoms with van der Waals surface area (Å²) in [5.41, 5.74) is 0.920. The van der Waals surface area contributed by atoms with E-state index in [4.69, 9.17) is 4.74 Å². The zero-order valence-electron chi connectivity index (χ0n) is 9.46. The Morgan fingerprint density at radius 3 is 2.53 bits per heavy atom. The van der Waals surface area contributed by atoms with E-state index in [0.29, 0.717) is 5.56 Å². The predicted molar refractivity (Wildman–Crippen MR) is 65.7 cm³/mol. The summed E-state index contributed by atoms with van der Waals surface area (Å²) >= 11 is -2.09. The molecule has 0 aliphatic carbocycles. The van der Waals surface area contributed by atoms with E-state index in [9.17, 15) is 13.6 Å². The van der Waals surface area contributed by atoms with Crippen molar-refractivity contribution >= 4 is 17.0 Å². The third-order valence-electron chi connectivity index (χ3n) is 2.13. The van der Waals surface area contributed by atoms with Gasteiger partial charge in [-0.2, -0.15) is 0 Å². The van der Waals surface area contributed by atoms with Crippen LogP contribution in [0.1, 0.15) is 17.7 Å². The number of carbonyl (C=O) groups is 1. The Morgan fingerprint density at radius 2 is 2.06 bits per heavy atom. The number of ether oxygens (including phenoxy) is 1. The molecule has 0 bridgehead atoms. The Hall–Kier alpha value is -1.46. The molecule has 0 heterocycles. The molecule has 0 fully saturated rings. The van der Waals surface area contributed by atoms with Crippen LogP contribution in [0.15, 0.2) is 42.5 Å². The van der Waals surface area contributed by atoms with Gasteiger partial charge in [-0.05, 0) is 12.5 Å². The van der Waals surface area contributed by atoms with Gasteiger partial charge in [0.15, 0.2) is 11.1 Å². The third-order valence-corrected chi connectivity index (χ3v) is 3.02. The number of rotatable bonds is 5. The molecule has 2 unspecified atom stereocenters. The second-order valence-corrected chi connectivity index (χ2v) is 4.68. The van der Waals surface area contributed by atoms with Crippen molar-refractivity contribution < 1.29 is 18.3 Å². The summed E-state index contributed by atoms with van der Waals surface area (Å²) < 4.78 is 25.2. The zero-order valence-corrected chi connectivity index (χ0v) is 10.3. The Balaban J connectivity index is 2.72. The number of benzene rings is 1. The number of carbonyl (C=O) groups excluding carboxylic acids is 1. The minimum absolute atomic E-state index is 0.140. The fourth-order valence-corrected chi connectivity index (χ4v) is 1.79. The molecular formula is C12H14O4S. The van der Waals surface area contributed by atoms with E-state index in [-0.39, 0.29) is 12.2 Å². The monoisotopic (exact) mass is 254 g/mol. The van der Waals surface area contributed by atoms with E-state index >= 15 is 0 Å². The van der Waals surface area contributed by atoms with Gasteiger partial charge >= 0.3 is 5.97 Å². The molecule has 92 valence electrons. The van der Waals surface area contributed by atoms with Crippen LogP contribution in [-0.2, 0) is 20.6 Å². The lowest BCUT2D eigenvalue weighted by Gasteiger charge is -2.13. The summed E-state index contributed by atoms with van der Waals surface area (Å²) in [4.78, 5) is 11.2. The first-order valence-corrected chi connectivity index (χ1v) is 6.16. The fourth-order valence-electron chi connectivity index (χ4n) is 1.21. The first-order chi connectivity index (χ1) is 8.02. The molecule has 0 aliphatic rings. The summed E-state index contributed by atoms with van der Waals surface area (Å²) in [5, 5.41) is -0.737. The molecule has 0 spiro atoms. The lowest BCUT2D eigenvalue weighted by Crippen LogP contribution is -2.16. The summed E-state index contributed by atoms with van der Waals surface area (Å²) in [6.07, 6.45) is 0. The van der Waals surface area contributed by atoms with Crippen LogP contribution in [0, 0.1) is 0 Å². The quantitative estimate of drug-likeness (QED) is 0.496. The molecule has 1 aromatic carbocycles. The molecule has 4 nitrogen and oxygen atoms in total. The van der Waals surface area contributed by atoms with Crippen molar-refractivity contribution in [2.45, 2.75) is 12.2 Å². The molecule has 0 aliphatic heterocycles. The van der Waals surface area contributed by atoms with Crippen LogP contribution in [0.25, 0.3) is 0 Å². The summed E-state index contributed by atoms with van der Waals surface area (Å²) in [6.45, 7) is 4.82. The van der Waals surface area contributed by atoms with Crippen LogP contribution in [0.2, 0.25) is 0 Å². The van der Waals surface area contributed by atoms with E-state index in [0.717, 1.165) is 0 Å². The highest BCUT2D eigenvalue weighted by Gasteiger charge is 2.19. The van der Waals surface area contributed by atoms with Gasteiger partial charge in [0, 0.05) is 5.57 Å². The highest BCUT2D eigenvalue weighted by molar-refractivity contribution is 7.79. The number of esters is 1. The second kappa shape index (κ2) is 6.32. The highest BCUT2D eigenvalue weighted by Crippen LogP contribution is 2.19. The van der Waals surface area contributed by atoms with Crippen LogP contribution in [-0.4, -0.2) is 21.3 Å². The van der Waals surface area contributed by atoms with Gasteiger partial charge in [-0.15, -0.1) is 0 Å². The summed E-state index contributed by atoms with van der Waals surface area (Å²) in [6, 6.07) is 8.76. The molecular weight excluding hydrogens is 240 g/mol. The minimum atomic E-state index is -2.09. The predicted octanol–water partition coefficient (Wildman–Crippen LogP) is 2.07. The average molecular weight is 254 g/mol. The van der Waals surface area contributed by atoms with Crippen LogP contribution in [0.3, 0.4) is 0 Å². The van der Waals surface area contributed by atoms with Gasteiger partial charge in [-0.1, -0.05) is 36.9 Å². The van der Waals surface area contributed by atoms with Crippen LogP contribution >= 0.6 is 0 Å².